The van der Waals surface area contributed by atoms with Crippen LogP contribution in [0.2, 0.25) is 0 Å². The van der Waals surface area contributed by atoms with E-state index in [4.69, 9.17) is 4.74 Å². The fourth-order valence-corrected chi connectivity index (χ4v) is 5.25. The van der Waals surface area contributed by atoms with E-state index >= 15 is 0 Å². The number of amides is 2. The highest BCUT2D eigenvalue weighted by molar-refractivity contribution is 7.15. The fourth-order valence-electron chi connectivity index (χ4n) is 4.40. The van der Waals surface area contributed by atoms with Gasteiger partial charge >= 0.3 is 5.97 Å². The van der Waals surface area contributed by atoms with Crippen molar-refractivity contribution in [1.82, 2.24) is 4.90 Å². The van der Waals surface area contributed by atoms with Crippen molar-refractivity contribution in [2.75, 3.05) is 31.2 Å². The molecule has 1 aromatic heterocycles. The molecule has 2 amide bonds. The van der Waals surface area contributed by atoms with Gasteiger partial charge in [-0.3, -0.25) is 14.5 Å². The SMILES string of the molecule is CC1CCC(C(=O)N(c2cc(C#CC(C)(C)C)sc2C(=O)O)[C@@H](C)C(=O)N2CCOCC2)CC1. The van der Waals surface area contributed by atoms with Gasteiger partial charge in [0.1, 0.15) is 10.9 Å². The molecule has 186 valence electrons. The zero-order chi connectivity index (χ0) is 25.0. The van der Waals surface area contributed by atoms with E-state index in [-0.39, 0.29) is 33.7 Å². The normalized spacial score (nSPS) is 21.9. The summed E-state index contributed by atoms with van der Waals surface area (Å²) in [6, 6.07) is 0.848. The van der Waals surface area contributed by atoms with E-state index in [0.717, 1.165) is 37.0 Å². The minimum absolute atomic E-state index is 0.0392. The largest absolute Gasteiger partial charge is 0.477 e. The first kappa shape index (κ1) is 26.2. The van der Waals surface area contributed by atoms with Crippen LogP contribution in [-0.2, 0) is 14.3 Å². The molecule has 2 heterocycles. The number of morpholine rings is 1. The Labute approximate surface area is 206 Å². The van der Waals surface area contributed by atoms with E-state index in [1.54, 1.807) is 17.9 Å². The van der Waals surface area contributed by atoms with Crippen molar-refractivity contribution in [3.05, 3.63) is 15.8 Å². The number of nitrogens with zero attached hydrogens (tertiary/aromatic N) is 2. The van der Waals surface area contributed by atoms with Gasteiger partial charge in [0.15, 0.2) is 0 Å². The van der Waals surface area contributed by atoms with Crippen LogP contribution < -0.4 is 4.90 Å². The smallest absolute Gasteiger partial charge is 0.348 e. The van der Waals surface area contributed by atoms with Crippen LogP contribution in [0.1, 0.15) is 74.9 Å². The first-order chi connectivity index (χ1) is 16.0. The number of thiophene rings is 1. The molecular formula is C26H36N2O5S. The van der Waals surface area contributed by atoms with Gasteiger partial charge in [0, 0.05) is 24.4 Å². The van der Waals surface area contributed by atoms with Gasteiger partial charge in [-0.05, 0) is 65.4 Å². The number of carboxylic acids is 1. The Morgan fingerprint density at radius 1 is 1.18 bits per heavy atom. The summed E-state index contributed by atoms with van der Waals surface area (Å²) in [6.07, 6.45) is 3.40. The predicted octanol–water partition coefficient (Wildman–Crippen LogP) is 4.25. The summed E-state index contributed by atoms with van der Waals surface area (Å²) in [5, 5.41) is 9.96. The molecule has 1 atom stereocenters. The summed E-state index contributed by atoms with van der Waals surface area (Å²) in [5.74, 6) is 5.07. The summed E-state index contributed by atoms with van der Waals surface area (Å²) < 4.78 is 5.37. The number of anilines is 1. The Hall–Kier alpha value is -2.37. The van der Waals surface area contributed by atoms with Gasteiger partial charge in [-0.2, -0.15) is 0 Å². The lowest BCUT2D eigenvalue weighted by atomic mass is 9.82. The lowest BCUT2D eigenvalue weighted by Gasteiger charge is -2.37. The second-order valence-electron chi connectivity index (χ2n) is 10.4. The molecule has 2 fully saturated rings. The molecule has 34 heavy (non-hydrogen) atoms. The van der Waals surface area contributed by atoms with E-state index in [0.29, 0.717) is 37.1 Å². The molecule has 0 bridgehead atoms. The van der Waals surface area contributed by atoms with E-state index in [2.05, 4.69) is 18.8 Å². The first-order valence-corrected chi connectivity index (χ1v) is 12.9. The Morgan fingerprint density at radius 3 is 2.35 bits per heavy atom. The summed E-state index contributed by atoms with van der Waals surface area (Å²) >= 11 is 1.05. The standard InChI is InChI=1S/C26H36N2O5S/c1-17-6-8-19(9-7-17)24(30)28(18(2)23(29)27-12-14-33-15-13-27)21-16-20(10-11-26(3,4)5)34-22(21)25(31)32/h16-19H,6-9,12-15H2,1-5H3,(H,31,32)/t17?,18-,19?/m0/s1. The van der Waals surface area contributed by atoms with Crippen molar-refractivity contribution in [2.24, 2.45) is 17.3 Å². The monoisotopic (exact) mass is 488 g/mol. The fraction of sp³-hybridized carbons (Fsp3) is 0.654. The molecule has 0 radical (unpaired) electrons. The third kappa shape index (κ3) is 6.39. The number of rotatable bonds is 5. The van der Waals surface area contributed by atoms with Gasteiger partial charge in [-0.15, -0.1) is 11.3 Å². The zero-order valence-corrected chi connectivity index (χ0v) is 21.7. The molecule has 7 nitrogen and oxygen atoms in total. The van der Waals surface area contributed by atoms with Crippen molar-refractivity contribution in [2.45, 2.75) is 66.3 Å². The number of carboxylic acid groups (broad SMARTS) is 1. The van der Waals surface area contributed by atoms with Crippen LogP contribution >= 0.6 is 11.3 Å². The molecule has 1 aromatic rings. The Balaban J connectivity index is 2.02. The van der Waals surface area contributed by atoms with Crippen molar-refractivity contribution < 1.29 is 24.2 Å². The van der Waals surface area contributed by atoms with E-state index < -0.39 is 12.0 Å². The van der Waals surface area contributed by atoms with Crippen molar-refractivity contribution in [3.8, 4) is 11.8 Å². The van der Waals surface area contributed by atoms with E-state index in [1.165, 1.54) is 4.90 Å². The molecule has 3 rings (SSSR count). The van der Waals surface area contributed by atoms with Gasteiger partial charge in [0.25, 0.3) is 0 Å². The van der Waals surface area contributed by atoms with E-state index in [1.807, 2.05) is 20.8 Å². The van der Waals surface area contributed by atoms with Gasteiger partial charge in [-0.25, -0.2) is 4.79 Å². The Morgan fingerprint density at radius 2 is 1.79 bits per heavy atom. The molecule has 8 heteroatoms. The molecule has 1 saturated carbocycles. The van der Waals surface area contributed by atoms with Crippen LogP contribution in [0.25, 0.3) is 0 Å². The molecule has 0 aromatic carbocycles. The van der Waals surface area contributed by atoms with Crippen LogP contribution in [-0.4, -0.2) is 60.1 Å². The second kappa shape index (κ2) is 10.9. The molecule has 0 unspecified atom stereocenters. The highest BCUT2D eigenvalue weighted by Gasteiger charge is 2.38. The third-order valence-electron chi connectivity index (χ3n) is 6.40. The number of hydrogen-bond donors (Lipinski definition) is 1. The first-order valence-electron chi connectivity index (χ1n) is 12.1. The lowest BCUT2D eigenvalue weighted by molar-refractivity contribution is -0.138. The molecule has 1 aliphatic carbocycles. The maximum Gasteiger partial charge on any atom is 0.348 e. The summed E-state index contributed by atoms with van der Waals surface area (Å²) in [4.78, 5) is 43.2. The minimum Gasteiger partial charge on any atom is -0.477 e. The van der Waals surface area contributed by atoms with Gasteiger partial charge in [0.05, 0.1) is 23.8 Å². The molecule has 2 aliphatic rings. The maximum atomic E-state index is 13.8. The van der Waals surface area contributed by atoms with Crippen LogP contribution in [0.3, 0.4) is 0 Å². The van der Waals surface area contributed by atoms with E-state index in [9.17, 15) is 19.5 Å². The minimum atomic E-state index is -1.12. The quantitative estimate of drug-likeness (QED) is 0.626. The van der Waals surface area contributed by atoms with Crippen LogP contribution in [0, 0.1) is 29.1 Å². The van der Waals surface area contributed by atoms with Gasteiger partial charge in [0.2, 0.25) is 11.8 Å². The maximum absolute atomic E-state index is 13.8. The number of aromatic carboxylic acids is 1. The second-order valence-corrected chi connectivity index (χ2v) is 11.5. The number of ether oxygens (including phenoxy) is 1. The zero-order valence-electron chi connectivity index (χ0n) is 20.8. The summed E-state index contributed by atoms with van der Waals surface area (Å²) in [6.45, 7) is 11.7. The third-order valence-corrected chi connectivity index (χ3v) is 7.42. The summed E-state index contributed by atoms with van der Waals surface area (Å²) in [7, 11) is 0. The molecule has 1 aliphatic heterocycles. The van der Waals surface area contributed by atoms with Crippen molar-refractivity contribution in [1.29, 1.82) is 0 Å². The average Bonchev–Trinajstić information content (AvgIpc) is 3.22. The molecular weight excluding hydrogens is 452 g/mol. The molecule has 1 N–H and O–H groups in total. The van der Waals surface area contributed by atoms with Gasteiger partial charge in [-0.1, -0.05) is 18.8 Å². The Bertz CT molecular complexity index is 970. The highest BCUT2D eigenvalue weighted by Crippen LogP contribution is 2.36. The topological polar surface area (TPSA) is 87.2 Å². The van der Waals surface area contributed by atoms with Gasteiger partial charge < -0.3 is 14.7 Å². The lowest BCUT2D eigenvalue weighted by Crippen LogP contribution is -2.54. The van der Waals surface area contributed by atoms with Crippen molar-refractivity contribution in [3.63, 3.8) is 0 Å². The number of hydrogen-bond acceptors (Lipinski definition) is 5. The number of carbonyl (C=O) groups excluding carboxylic acids is 2. The summed E-state index contributed by atoms with van der Waals surface area (Å²) in [5.41, 5.74) is 0.0231. The number of carbonyl (C=O) groups is 3. The van der Waals surface area contributed by atoms with Crippen LogP contribution in [0.5, 0.6) is 0 Å². The predicted molar refractivity (Wildman–Crippen MR) is 133 cm³/mol. The highest BCUT2D eigenvalue weighted by atomic mass is 32.1. The average molecular weight is 489 g/mol. The molecule has 0 spiro atoms. The molecule has 1 saturated heterocycles. The van der Waals surface area contributed by atoms with Crippen LogP contribution in [0.15, 0.2) is 6.07 Å². The Kier molecular flexibility index (Phi) is 8.43. The van der Waals surface area contributed by atoms with Crippen molar-refractivity contribution >= 4 is 34.8 Å². The van der Waals surface area contributed by atoms with Crippen LogP contribution in [0.4, 0.5) is 5.69 Å².